The highest BCUT2D eigenvalue weighted by atomic mass is 127. The van der Waals surface area contributed by atoms with Gasteiger partial charge in [0.15, 0.2) is 5.79 Å². The fourth-order valence-electron chi connectivity index (χ4n) is 4.22. The van der Waals surface area contributed by atoms with E-state index in [2.05, 4.69) is 37.9 Å². The van der Waals surface area contributed by atoms with Crippen molar-refractivity contribution in [2.45, 2.75) is 81.1 Å². The third-order valence-corrected chi connectivity index (χ3v) is 7.65. The molecule has 1 aromatic rings. The zero-order valence-electron chi connectivity index (χ0n) is 15.0. The first-order valence-corrected chi connectivity index (χ1v) is 12.1. The van der Waals surface area contributed by atoms with Crippen LogP contribution in [0, 0.1) is 10.5 Å². The zero-order valence-corrected chi connectivity index (χ0v) is 18.0. The third kappa shape index (κ3) is 3.47. The maximum absolute atomic E-state index is 11.9. The van der Waals surface area contributed by atoms with Crippen molar-refractivity contribution in [2.75, 3.05) is 11.6 Å². The third-order valence-electron chi connectivity index (χ3n) is 5.51. The van der Waals surface area contributed by atoms with Crippen molar-refractivity contribution < 1.29 is 17.9 Å². The van der Waals surface area contributed by atoms with Crippen LogP contribution in [0.1, 0.15) is 50.6 Å². The maximum Gasteiger partial charge on any atom is 0.249 e. The van der Waals surface area contributed by atoms with E-state index in [9.17, 15) is 8.42 Å². The number of hydrogen-bond acceptors (Lipinski definition) is 7. The summed E-state index contributed by atoms with van der Waals surface area (Å²) in [4.78, 5) is 8.38. The predicted octanol–water partition coefficient (Wildman–Crippen LogP) is 2.81. The van der Waals surface area contributed by atoms with Crippen LogP contribution in [0.25, 0.3) is 0 Å². The first-order valence-electron chi connectivity index (χ1n) is 9.14. The average Bonchev–Trinajstić information content (AvgIpc) is 3.09. The summed E-state index contributed by atoms with van der Waals surface area (Å²) < 4.78 is 37.3. The molecule has 4 rings (SSSR count). The molecule has 1 aliphatic heterocycles. The molecule has 1 saturated heterocycles. The Hall–Kier alpha value is -0.520. The van der Waals surface area contributed by atoms with E-state index in [1.807, 2.05) is 0 Å². The molecule has 3 aliphatic rings. The molecule has 0 unspecified atom stereocenters. The molecule has 144 valence electrons. The molecule has 7 nitrogen and oxygen atoms in total. The Kier molecular flexibility index (Phi) is 4.94. The van der Waals surface area contributed by atoms with Gasteiger partial charge in [-0.15, -0.1) is 0 Å². The van der Waals surface area contributed by atoms with E-state index in [0.29, 0.717) is 11.5 Å². The van der Waals surface area contributed by atoms with Crippen molar-refractivity contribution in [2.24, 2.45) is 0 Å². The van der Waals surface area contributed by atoms with Gasteiger partial charge in [0.05, 0.1) is 21.4 Å². The van der Waals surface area contributed by atoms with Crippen molar-refractivity contribution >= 4 is 38.2 Å². The first-order chi connectivity index (χ1) is 12.3. The number of halogens is 1. The first kappa shape index (κ1) is 18.8. The van der Waals surface area contributed by atoms with Gasteiger partial charge in [0.1, 0.15) is 11.9 Å². The number of rotatable bonds is 3. The summed E-state index contributed by atoms with van der Waals surface area (Å²) in [7, 11) is -3.46. The molecule has 0 bridgehead atoms. The highest BCUT2D eigenvalue weighted by molar-refractivity contribution is 14.1. The second-order valence-corrected chi connectivity index (χ2v) is 10.6. The van der Waals surface area contributed by atoms with Gasteiger partial charge in [-0.25, -0.2) is 13.4 Å². The van der Waals surface area contributed by atoms with Crippen molar-refractivity contribution in [1.29, 1.82) is 0 Å². The highest BCUT2D eigenvalue weighted by Crippen LogP contribution is 2.46. The molecule has 3 fully saturated rings. The molecule has 0 radical (unpaired) electrons. The number of aromatic nitrogens is 2. The number of fused-ring (bicyclic) bond motifs is 1. The molecule has 1 spiro atoms. The fourth-order valence-corrected chi connectivity index (χ4v) is 5.18. The molecule has 26 heavy (non-hydrogen) atoms. The van der Waals surface area contributed by atoms with Crippen LogP contribution in [0.3, 0.4) is 0 Å². The van der Waals surface area contributed by atoms with Crippen LogP contribution in [-0.4, -0.2) is 48.7 Å². The molecule has 3 atom stereocenters. The van der Waals surface area contributed by atoms with Crippen LogP contribution in [0.15, 0.2) is 5.16 Å². The van der Waals surface area contributed by atoms with Crippen LogP contribution in [0.2, 0.25) is 0 Å². The number of ether oxygens (including phenoxy) is 2. The summed E-state index contributed by atoms with van der Waals surface area (Å²) in [5.74, 6) is 0.165. The normalized spacial score (nSPS) is 30.5. The van der Waals surface area contributed by atoms with Gasteiger partial charge in [-0.05, 0) is 55.2 Å². The van der Waals surface area contributed by atoms with E-state index < -0.39 is 15.6 Å². The molecule has 0 amide bonds. The van der Waals surface area contributed by atoms with Crippen LogP contribution < -0.4 is 5.32 Å². The van der Waals surface area contributed by atoms with Gasteiger partial charge in [0.25, 0.3) is 0 Å². The lowest BCUT2D eigenvalue weighted by Crippen LogP contribution is -2.38. The number of nitrogens with zero attached hydrogens (tertiary/aromatic N) is 2. The summed E-state index contributed by atoms with van der Waals surface area (Å²) in [5, 5.41) is 3.29. The Morgan fingerprint density at radius 1 is 1.15 bits per heavy atom. The number of aryl methyl sites for hydroxylation is 1. The molecule has 2 saturated carbocycles. The van der Waals surface area contributed by atoms with Gasteiger partial charge in [0, 0.05) is 19.1 Å². The minimum absolute atomic E-state index is 0.0131. The zero-order chi connectivity index (χ0) is 18.5. The molecule has 0 aromatic carbocycles. The Labute approximate surface area is 167 Å². The van der Waals surface area contributed by atoms with Gasteiger partial charge < -0.3 is 14.8 Å². The average molecular weight is 493 g/mol. The van der Waals surface area contributed by atoms with E-state index in [1.54, 1.807) is 6.92 Å². The molecule has 9 heteroatoms. The lowest BCUT2D eigenvalue weighted by Gasteiger charge is -2.33. The highest BCUT2D eigenvalue weighted by Gasteiger charge is 2.53. The second kappa shape index (κ2) is 6.82. The van der Waals surface area contributed by atoms with Gasteiger partial charge in [-0.2, -0.15) is 4.98 Å². The topological polar surface area (TPSA) is 90.4 Å². The van der Waals surface area contributed by atoms with Crippen molar-refractivity contribution in [3.8, 4) is 0 Å². The molecule has 1 aromatic heterocycles. The minimum Gasteiger partial charge on any atom is -0.364 e. The summed E-state index contributed by atoms with van der Waals surface area (Å²) in [6.07, 6.45) is 8.58. The Bertz CT molecular complexity index is 810. The lowest BCUT2D eigenvalue weighted by molar-refractivity contribution is -0.198. The summed E-state index contributed by atoms with van der Waals surface area (Å²) in [6.45, 7) is 1.80. The summed E-state index contributed by atoms with van der Waals surface area (Å²) in [5.41, 5.74) is 0.658. The van der Waals surface area contributed by atoms with Crippen molar-refractivity contribution in [1.82, 2.24) is 9.97 Å². The fraction of sp³-hybridized carbons (Fsp3) is 0.765. The van der Waals surface area contributed by atoms with Crippen molar-refractivity contribution in [3.05, 3.63) is 9.26 Å². The van der Waals surface area contributed by atoms with Gasteiger partial charge in [0.2, 0.25) is 15.0 Å². The maximum atomic E-state index is 11.9. The van der Waals surface area contributed by atoms with Gasteiger partial charge in [-0.3, -0.25) is 0 Å². The number of hydrogen-bond donors (Lipinski definition) is 1. The largest absolute Gasteiger partial charge is 0.364 e. The van der Waals surface area contributed by atoms with Crippen LogP contribution >= 0.6 is 22.6 Å². The Morgan fingerprint density at radius 2 is 1.88 bits per heavy atom. The Balaban J connectivity index is 1.56. The number of sulfone groups is 1. The van der Waals surface area contributed by atoms with Gasteiger partial charge >= 0.3 is 0 Å². The molecule has 2 heterocycles. The summed E-state index contributed by atoms with van der Waals surface area (Å²) >= 11 is 2.16. The standard InChI is InChI=1S/C17H24IN3O4S/c1-10-13(18)15(21-16(19-10)26(2,22)23)20-11-6-7-12-14(11)25-17(24-12)8-4-3-5-9-17/h11-12,14H,3-9H2,1-2H3,(H,19,20,21)/t11-,12-,14+/m1/s1. The molecular weight excluding hydrogens is 469 g/mol. The van der Waals surface area contributed by atoms with Crippen LogP contribution in [0.4, 0.5) is 5.82 Å². The van der Waals surface area contributed by atoms with E-state index in [-0.39, 0.29) is 23.4 Å². The van der Waals surface area contributed by atoms with E-state index in [0.717, 1.165) is 48.4 Å². The number of anilines is 1. The molecule has 2 aliphatic carbocycles. The quantitative estimate of drug-likeness (QED) is 0.512. The molecule has 1 N–H and O–H groups in total. The van der Waals surface area contributed by atoms with Gasteiger partial charge in [-0.1, -0.05) is 6.42 Å². The summed E-state index contributed by atoms with van der Waals surface area (Å²) in [6, 6.07) is 0.0662. The second-order valence-electron chi connectivity index (χ2n) is 7.56. The van der Waals surface area contributed by atoms with E-state index in [1.165, 1.54) is 6.42 Å². The lowest BCUT2D eigenvalue weighted by atomic mass is 9.94. The molecular formula is C17H24IN3O4S. The van der Waals surface area contributed by atoms with Crippen LogP contribution in [-0.2, 0) is 19.3 Å². The minimum atomic E-state index is -3.46. The van der Waals surface area contributed by atoms with E-state index in [4.69, 9.17) is 9.47 Å². The number of nitrogens with one attached hydrogen (secondary N) is 1. The van der Waals surface area contributed by atoms with Crippen molar-refractivity contribution in [3.63, 3.8) is 0 Å². The van der Waals surface area contributed by atoms with E-state index >= 15 is 0 Å². The smallest absolute Gasteiger partial charge is 0.249 e. The Morgan fingerprint density at radius 3 is 2.58 bits per heavy atom. The predicted molar refractivity (Wildman–Crippen MR) is 105 cm³/mol. The monoisotopic (exact) mass is 493 g/mol. The SMILES string of the molecule is Cc1nc(S(C)(=O)=O)nc(N[C@@H]2CC[C@H]3OC4(CCCCC4)O[C@@H]23)c1I. The van der Waals surface area contributed by atoms with Crippen LogP contribution in [0.5, 0.6) is 0 Å².